The second-order valence-corrected chi connectivity index (χ2v) is 6.36. The molecule has 1 aliphatic rings. The van der Waals surface area contributed by atoms with Crippen LogP contribution in [-0.4, -0.2) is 42.0 Å². The Morgan fingerprint density at radius 2 is 1.70 bits per heavy atom. The molecule has 0 aliphatic carbocycles. The molecule has 1 aliphatic heterocycles. The number of nitrogens with zero attached hydrogens (tertiary/aromatic N) is 2. The topological polar surface area (TPSA) is 32.5 Å². The molecule has 2 N–H and O–H groups in total. The average Bonchev–Trinajstić information content (AvgIpc) is 2.44. The van der Waals surface area contributed by atoms with Crippen molar-refractivity contribution in [1.82, 2.24) is 9.80 Å². The lowest BCUT2D eigenvalue weighted by Crippen LogP contribution is -2.48. The minimum atomic E-state index is 0.471. The van der Waals surface area contributed by atoms with Gasteiger partial charge >= 0.3 is 0 Å². The largest absolute Gasteiger partial charge is 0.396 e. The molecule has 1 heterocycles. The first kappa shape index (κ1) is 15.9. The van der Waals surface area contributed by atoms with E-state index >= 15 is 0 Å². The number of rotatable bonds is 4. The van der Waals surface area contributed by atoms with Gasteiger partial charge in [-0.3, -0.25) is 9.80 Å². The zero-order chi connectivity index (χ0) is 14.7. The van der Waals surface area contributed by atoms with Crippen LogP contribution in [0.4, 0.5) is 5.69 Å². The average molecular weight is 316 g/mol. The van der Waals surface area contributed by atoms with Crippen molar-refractivity contribution in [3.05, 3.63) is 27.7 Å². The molecule has 2 rings (SSSR count). The molecule has 3 nitrogen and oxygen atoms in total. The summed E-state index contributed by atoms with van der Waals surface area (Å²) in [5.41, 5.74) is 7.37. The molecular formula is C15H23Cl2N3. The quantitative estimate of drug-likeness (QED) is 0.863. The van der Waals surface area contributed by atoms with Crippen LogP contribution in [0.15, 0.2) is 12.1 Å². The summed E-state index contributed by atoms with van der Waals surface area (Å²) in [6.07, 6.45) is 1.21. The summed E-state index contributed by atoms with van der Waals surface area (Å²) >= 11 is 12.2. The summed E-state index contributed by atoms with van der Waals surface area (Å²) in [7, 11) is 0. The van der Waals surface area contributed by atoms with Gasteiger partial charge in [0.2, 0.25) is 0 Å². The van der Waals surface area contributed by atoms with Gasteiger partial charge in [-0.15, -0.1) is 0 Å². The van der Waals surface area contributed by atoms with Gasteiger partial charge in [-0.1, -0.05) is 30.1 Å². The van der Waals surface area contributed by atoms with Gasteiger partial charge in [0, 0.05) is 38.8 Å². The predicted octanol–water partition coefficient (Wildman–Crippen LogP) is 3.49. The van der Waals surface area contributed by atoms with Crippen molar-refractivity contribution in [1.29, 1.82) is 0 Å². The first-order valence-electron chi connectivity index (χ1n) is 7.21. The highest BCUT2D eigenvalue weighted by molar-refractivity contribution is 6.38. The Kier molecular flexibility index (Phi) is 5.56. The van der Waals surface area contributed by atoms with Gasteiger partial charge in [0.15, 0.2) is 0 Å². The van der Waals surface area contributed by atoms with Crippen LogP contribution in [0.5, 0.6) is 0 Å². The normalized spacial score (nSPS) is 19.2. The summed E-state index contributed by atoms with van der Waals surface area (Å²) in [5, 5.41) is 1.09. The molecule has 1 aromatic carbocycles. The van der Waals surface area contributed by atoms with Crippen LogP contribution in [0.25, 0.3) is 0 Å². The van der Waals surface area contributed by atoms with Crippen LogP contribution in [-0.2, 0) is 6.54 Å². The number of nitrogen functional groups attached to an aromatic ring is 1. The van der Waals surface area contributed by atoms with Gasteiger partial charge in [-0.2, -0.15) is 0 Å². The Morgan fingerprint density at radius 1 is 1.15 bits per heavy atom. The van der Waals surface area contributed by atoms with E-state index in [1.807, 2.05) is 12.1 Å². The third-order valence-electron chi connectivity index (χ3n) is 4.17. The van der Waals surface area contributed by atoms with Gasteiger partial charge in [-0.25, -0.2) is 0 Å². The maximum Gasteiger partial charge on any atom is 0.0693 e. The third-order valence-corrected chi connectivity index (χ3v) is 4.79. The van der Waals surface area contributed by atoms with E-state index in [-0.39, 0.29) is 0 Å². The Bertz CT molecular complexity index is 433. The Labute approximate surface area is 131 Å². The molecule has 0 spiro atoms. The van der Waals surface area contributed by atoms with Crippen molar-refractivity contribution in [3.63, 3.8) is 0 Å². The van der Waals surface area contributed by atoms with E-state index in [1.54, 1.807) is 0 Å². The molecule has 0 bridgehead atoms. The maximum absolute atomic E-state index is 6.08. The van der Waals surface area contributed by atoms with Crippen LogP contribution in [0.2, 0.25) is 10.0 Å². The molecule has 0 aromatic heterocycles. The van der Waals surface area contributed by atoms with Crippen molar-refractivity contribution in [2.45, 2.75) is 32.9 Å². The number of hydrogen-bond acceptors (Lipinski definition) is 3. The minimum absolute atomic E-state index is 0.471. The molecular weight excluding hydrogens is 293 g/mol. The van der Waals surface area contributed by atoms with Gasteiger partial charge < -0.3 is 5.73 Å². The molecule has 0 amide bonds. The summed E-state index contributed by atoms with van der Waals surface area (Å²) < 4.78 is 0. The third kappa shape index (κ3) is 3.79. The fourth-order valence-electron chi connectivity index (χ4n) is 2.61. The first-order chi connectivity index (χ1) is 9.51. The van der Waals surface area contributed by atoms with Crippen molar-refractivity contribution in [2.75, 3.05) is 31.9 Å². The number of anilines is 1. The Hall–Kier alpha value is -0.480. The maximum atomic E-state index is 6.08. The molecule has 1 unspecified atom stereocenters. The molecule has 0 saturated carbocycles. The lowest BCUT2D eigenvalue weighted by molar-refractivity contribution is 0.0964. The molecule has 20 heavy (non-hydrogen) atoms. The minimum Gasteiger partial charge on any atom is -0.396 e. The van der Waals surface area contributed by atoms with Crippen molar-refractivity contribution < 1.29 is 0 Å². The van der Waals surface area contributed by atoms with E-state index in [2.05, 4.69) is 23.6 Å². The van der Waals surface area contributed by atoms with Crippen LogP contribution < -0.4 is 5.73 Å². The molecule has 0 radical (unpaired) electrons. The SMILES string of the molecule is CCC(C)N1CCN(Cc2cc(Cl)c(N)c(Cl)c2)CC1. The second-order valence-electron chi connectivity index (χ2n) is 5.54. The molecule has 1 atom stereocenters. The van der Waals surface area contributed by atoms with Crippen molar-refractivity contribution in [2.24, 2.45) is 0 Å². The van der Waals surface area contributed by atoms with E-state index in [0.717, 1.165) is 38.3 Å². The predicted molar refractivity (Wildman–Crippen MR) is 87.5 cm³/mol. The Morgan fingerprint density at radius 3 is 2.20 bits per heavy atom. The number of piperazine rings is 1. The van der Waals surface area contributed by atoms with E-state index in [4.69, 9.17) is 28.9 Å². The molecule has 5 heteroatoms. The summed E-state index contributed by atoms with van der Waals surface area (Å²) in [6, 6.07) is 4.52. The number of benzene rings is 1. The van der Waals surface area contributed by atoms with Crippen molar-refractivity contribution in [3.8, 4) is 0 Å². The molecule has 1 fully saturated rings. The zero-order valence-electron chi connectivity index (χ0n) is 12.2. The number of halogens is 2. The van der Waals surface area contributed by atoms with Crippen LogP contribution in [0, 0.1) is 0 Å². The van der Waals surface area contributed by atoms with E-state index < -0.39 is 0 Å². The first-order valence-corrected chi connectivity index (χ1v) is 7.96. The number of hydrogen-bond donors (Lipinski definition) is 1. The smallest absolute Gasteiger partial charge is 0.0693 e. The fraction of sp³-hybridized carbons (Fsp3) is 0.600. The highest BCUT2D eigenvalue weighted by atomic mass is 35.5. The van der Waals surface area contributed by atoms with E-state index in [9.17, 15) is 0 Å². The van der Waals surface area contributed by atoms with Crippen LogP contribution >= 0.6 is 23.2 Å². The highest BCUT2D eigenvalue weighted by Gasteiger charge is 2.20. The van der Waals surface area contributed by atoms with Gasteiger partial charge in [-0.05, 0) is 31.0 Å². The van der Waals surface area contributed by atoms with E-state index in [1.165, 1.54) is 6.42 Å². The lowest BCUT2D eigenvalue weighted by Gasteiger charge is -2.37. The summed E-state index contributed by atoms with van der Waals surface area (Å²) in [5.74, 6) is 0. The summed E-state index contributed by atoms with van der Waals surface area (Å²) in [4.78, 5) is 5.00. The lowest BCUT2D eigenvalue weighted by atomic mass is 10.1. The standard InChI is InChI=1S/C15H23Cl2N3/c1-3-11(2)20-6-4-19(5-7-20)10-12-8-13(16)15(18)14(17)9-12/h8-9,11H,3-7,10,18H2,1-2H3. The fourth-order valence-corrected chi connectivity index (χ4v) is 3.14. The second kappa shape index (κ2) is 6.99. The Balaban J connectivity index is 1.93. The summed E-state index contributed by atoms with van der Waals surface area (Å²) in [6.45, 7) is 9.86. The van der Waals surface area contributed by atoms with E-state index in [0.29, 0.717) is 21.8 Å². The van der Waals surface area contributed by atoms with Crippen molar-refractivity contribution >= 4 is 28.9 Å². The van der Waals surface area contributed by atoms with Crippen LogP contribution in [0.3, 0.4) is 0 Å². The van der Waals surface area contributed by atoms with Gasteiger partial charge in [0.05, 0.1) is 15.7 Å². The van der Waals surface area contributed by atoms with Gasteiger partial charge in [0.25, 0.3) is 0 Å². The highest BCUT2D eigenvalue weighted by Crippen LogP contribution is 2.29. The number of nitrogens with two attached hydrogens (primary N) is 1. The molecule has 1 aromatic rings. The zero-order valence-corrected chi connectivity index (χ0v) is 13.7. The molecule has 112 valence electrons. The van der Waals surface area contributed by atoms with Gasteiger partial charge in [0.1, 0.15) is 0 Å². The molecule has 1 saturated heterocycles. The monoisotopic (exact) mass is 315 g/mol. The van der Waals surface area contributed by atoms with Crippen LogP contribution in [0.1, 0.15) is 25.8 Å².